The third kappa shape index (κ3) is 3.82. The molecule has 112 valence electrons. The van der Waals surface area contributed by atoms with Crippen molar-refractivity contribution < 1.29 is 17.6 Å². The van der Waals surface area contributed by atoms with Crippen molar-refractivity contribution in [1.29, 1.82) is 0 Å². The highest BCUT2D eigenvalue weighted by molar-refractivity contribution is 5.68. The van der Waals surface area contributed by atoms with Gasteiger partial charge in [-0.3, -0.25) is 0 Å². The number of hydrogen-bond donors (Lipinski definition) is 1. The Morgan fingerprint density at radius 3 is 2.48 bits per heavy atom. The summed E-state index contributed by atoms with van der Waals surface area (Å²) in [6, 6.07) is 9.18. The van der Waals surface area contributed by atoms with Crippen LogP contribution in [0.5, 0.6) is 0 Å². The lowest BCUT2D eigenvalue weighted by atomic mass is 9.97. The van der Waals surface area contributed by atoms with Crippen LogP contribution in [0.25, 0.3) is 11.1 Å². The largest absolute Gasteiger partial charge is 0.416 e. The number of rotatable bonds is 4. The van der Waals surface area contributed by atoms with Gasteiger partial charge in [0, 0.05) is 6.54 Å². The van der Waals surface area contributed by atoms with Crippen molar-refractivity contribution in [2.75, 3.05) is 6.54 Å². The van der Waals surface area contributed by atoms with Crippen LogP contribution in [-0.4, -0.2) is 6.54 Å². The van der Waals surface area contributed by atoms with Gasteiger partial charge in [0.15, 0.2) is 0 Å². The molecule has 0 aliphatic rings. The molecule has 0 spiro atoms. The quantitative estimate of drug-likeness (QED) is 0.812. The maximum Gasteiger partial charge on any atom is 0.416 e. The number of halogens is 4. The minimum atomic E-state index is -4.39. The Morgan fingerprint density at radius 1 is 1.05 bits per heavy atom. The topological polar surface area (TPSA) is 12.0 Å². The molecular weight excluding hydrogens is 282 g/mol. The summed E-state index contributed by atoms with van der Waals surface area (Å²) in [6.45, 7) is 3.00. The highest BCUT2D eigenvalue weighted by atomic mass is 19.4. The Balaban J connectivity index is 2.46. The summed E-state index contributed by atoms with van der Waals surface area (Å²) in [6.07, 6.45) is -4.39. The molecule has 2 aromatic rings. The molecule has 0 aliphatic carbocycles. The summed E-state index contributed by atoms with van der Waals surface area (Å²) < 4.78 is 51.7. The molecule has 0 bridgehead atoms. The van der Waals surface area contributed by atoms with Gasteiger partial charge in [-0.25, -0.2) is 4.39 Å². The van der Waals surface area contributed by atoms with Gasteiger partial charge in [-0.2, -0.15) is 13.2 Å². The number of nitrogens with one attached hydrogen (secondary N) is 1. The van der Waals surface area contributed by atoms with Crippen LogP contribution in [0.2, 0.25) is 0 Å². The molecular formula is C16H15F4N. The average Bonchev–Trinajstić information content (AvgIpc) is 2.44. The second kappa shape index (κ2) is 6.26. The van der Waals surface area contributed by atoms with E-state index in [0.29, 0.717) is 29.8 Å². The molecule has 0 saturated heterocycles. The van der Waals surface area contributed by atoms with Crippen LogP contribution in [0.1, 0.15) is 18.1 Å². The summed E-state index contributed by atoms with van der Waals surface area (Å²) in [5, 5.41) is 3.06. The molecule has 0 saturated carbocycles. The second-order valence-corrected chi connectivity index (χ2v) is 4.66. The van der Waals surface area contributed by atoms with Crippen LogP contribution in [0.15, 0.2) is 42.5 Å². The van der Waals surface area contributed by atoms with Gasteiger partial charge in [-0.15, -0.1) is 0 Å². The first-order valence-electron chi connectivity index (χ1n) is 6.58. The lowest BCUT2D eigenvalue weighted by molar-refractivity contribution is -0.137. The fourth-order valence-corrected chi connectivity index (χ4v) is 2.11. The smallest absolute Gasteiger partial charge is 0.313 e. The Bertz CT molecular complexity index is 620. The van der Waals surface area contributed by atoms with E-state index in [-0.39, 0.29) is 0 Å². The maximum absolute atomic E-state index is 13.4. The van der Waals surface area contributed by atoms with Gasteiger partial charge in [0.25, 0.3) is 0 Å². The van der Waals surface area contributed by atoms with Crippen molar-refractivity contribution in [3.8, 4) is 11.1 Å². The van der Waals surface area contributed by atoms with Crippen molar-refractivity contribution in [2.45, 2.75) is 19.6 Å². The molecule has 2 rings (SSSR count). The average molecular weight is 297 g/mol. The van der Waals surface area contributed by atoms with E-state index in [1.165, 1.54) is 24.3 Å². The molecule has 2 aromatic carbocycles. The lowest BCUT2D eigenvalue weighted by Gasteiger charge is -2.13. The molecule has 1 N–H and O–H groups in total. The van der Waals surface area contributed by atoms with Gasteiger partial charge in [-0.1, -0.05) is 25.1 Å². The molecule has 21 heavy (non-hydrogen) atoms. The Hall–Kier alpha value is -1.88. The predicted molar refractivity (Wildman–Crippen MR) is 74.2 cm³/mol. The van der Waals surface area contributed by atoms with E-state index in [1.54, 1.807) is 6.07 Å². The molecule has 0 unspecified atom stereocenters. The Labute approximate surface area is 120 Å². The van der Waals surface area contributed by atoms with Gasteiger partial charge in [0.05, 0.1) is 5.56 Å². The van der Waals surface area contributed by atoms with E-state index in [0.717, 1.165) is 12.1 Å². The summed E-state index contributed by atoms with van der Waals surface area (Å²) in [4.78, 5) is 0. The third-order valence-electron chi connectivity index (χ3n) is 3.13. The number of hydrogen-bond acceptors (Lipinski definition) is 1. The summed E-state index contributed by atoms with van der Waals surface area (Å²) in [5.74, 6) is -0.404. The van der Waals surface area contributed by atoms with Gasteiger partial charge in [0.2, 0.25) is 0 Å². The summed E-state index contributed by atoms with van der Waals surface area (Å²) >= 11 is 0. The molecule has 5 heteroatoms. The molecule has 0 atom stereocenters. The maximum atomic E-state index is 13.4. The predicted octanol–water partition coefficient (Wildman–Crippen LogP) is 4.62. The molecule has 0 radical (unpaired) electrons. The second-order valence-electron chi connectivity index (χ2n) is 4.66. The first-order valence-corrected chi connectivity index (χ1v) is 6.58. The third-order valence-corrected chi connectivity index (χ3v) is 3.13. The van der Waals surface area contributed by atoms with E-state index in [1.807, 2.05) is 6.92 Å². The van der Waals surface area contributed by atoms with E-state index < -0.39 is 17.6 Å². The Kier molecular flexibility index (Phi) is 4.63. The summed E-state index contributed by atoms with van der Waals surface area (Å²) in [5.41, 5.74) is 0.955. The molecule has 1 nitrogen and oxygen atoms in total. The molecule has 0 aromatic heterocycles. The van der Waals surface area contributed by atoms with Crippen molar-refractivity contribution in [1.82, 2.24) is 5.32 Å². The van der Waals surface area contributed by atoms with Crippen LogP contribution in [0.4, 0.5) is 17.6 Å². The zero-order chi connectivity index (χ0) is 15.5. The van der Waals surface area contributed by atoms with Gasteiger partial charge < -0.3 is 5.32 Å². The van der Waals surface area contributed by atoms with Crippen LogP contribution in [0.3, 0.4) is 0 Å². The number of benzene rings is 2. The zero-order valence-corrected chi connectivity index (χ0v) is 11.5. The first-order chi connectivity index (χ1) is 9.91. The first kappa shape index (κ1) is 15.5. The number of alkyl halides is 3. The van der Waals surface area contributed by atoms with E-state index in [9.17, 15) is 17.6 Å². The summed E-state index contributed by atoms with van der Waals surface area (Å²) in [7, 11) is 0. The molecule has 0 aliphatic heterocycles. The SMILES string of the molecule is CCNCc1cc(F)ccc1-c1cccc(C(F)(F)F)c1. The fraction of sp³-hybridized carbons (Fsp3) is 0.250. The normalized spacial score (nSPS) is 11.7. The standard InChI is InChI=1S/C16H15F4N/c1-2-21-10-12-9-14(17)6-7-15(12)11-4-3-5-13(8-11)16(18,19)20/h3-9,21H,2,10H2,1H3. The fourth-order valence-electron chi connectivity index (χ4n) is 2.11. The Morgan fingerprint density at radius 2 is 1.81 bits per heavy atom. The van der Waals surface area contributed by atoms with Crippen LogP contribution in [0, 0.1) is 5.82 Å². The minimum absolute atomic E-state index is 0.403. The van der Waals surface area contributed by atoms with Crippen molar-refractivity contribution >= 4 is 0 Å². The molecule has 0 fully saturated rings. The van der Waals surface area contributed by atoms with Crippen LogP contribution >= 0.6 is 0 Å². The van der Waals surface area contributed by atoms with Gasteiger partial charge in [-0.05, 0) is 47.5 Å². The lowest BCUT2D eigenvalue weighted by Crippen LogP contribution is -2.13. The minimum Gasteiger partial charge on any atom is -0.313 e. The van der Waals surface area contributed by atoms with E-state index in [4.69, 9.17) is 0 Å². The highest BCUT2D eigenvalue weighted by Crippen LogP contribution is 2.33. The van der Waals surface area contributed by atoms with E-state index >= 15 is 0 Å². The van der Waals surface area contributed by atoms with Crippen molar-refractivity contribution in [2.24, 2.45) is 0 Å². The molecule has 0 amide bonds. The van der Waals surface area contributed by atoms with Gasteiger partial charge in [0.1, 0.15) is 5.82 Å². The monoisotopic (exact) mass is 297 g/mol. The zero-order valence-electron chi connectivity index (χ0n) is 11.5. The van der Waals surface area contributed by atoms with Crippen LogP contribution < -0.4 is 5.32 Å². The van der Waals surface area contributed by atoms with E-state index in [2.05, 4.69) is 5.32 Å². The van der Waals surface area contributed by atoms with Crippen molar-refractivity contribution in [3.63, 3.8) is 0 Å². The van der Waals surface area contributed by atoms with Crippen LogP contribution in [-0.2, 0) is 12.7 Å². The van der Waals surface area contributed by atoms with Crippen molar-refractivity contribution in [3.05, 3.63) is 59.4 Å². The van der Waals surface area contributed by atoms with Gasteiger partial charge >= 0.3 is 6.18 Å². The molecule has 0 heterocycles. The highest BCUT2D eigenvalue weighted by Gasteiger charge is 2.30.